The van der Waals surface area contributed by atoms with E-state index in [0.29, 0.717) is 24.1 Å². The maximum Gasteiger partial charge on any atom is 0.335 e. The molecule has 0 radical (unpaired) electrons. The Balaban J connectivity index is 2.50. The Labute approximate surface area is 136 Å². The van der Waals surface area contributed by atoms with Crippen LogP contribution in [0, 0.1) is 0 Å². The largest absolute Gasteiger partial charge is 0.478 e. The number of benzene rings is 2. The predicted octanol–water partition coefficient (Wildman–Crippen LogP) is 3.31. The van der Waals surface area contributed by atoms with Gasteiger partial charge in [0.15, 0.2) is 0 Å². The van der Waals surface area contributed by atoms with Crippen molar-refractivity contribution < 1.29 is 18.3 Å². The third-order valence-corrected chi connectivity index (χ3v) is 5.07. The number of hydrogen-bond acceptors (Lipinski definition) is 3. The smallest absolute Gasteiger partial charge is 0.335 e. The minimum atomic E-state index is -3.86. The van der Waals surface area contributed by atoms with E-state index < -0.39 is 16.0 Å². The first kappa shape index (κ1) is 17.0. The van der Waals surface area contributed by atoms with E-state index in [9.17, 15) is 13.2 Å². The zero-order valence-corrected chi connectivity index (χ0v) is 13.9. The molecular weight excluding hydrogens is 314 g/mol. The Morgan fingerprint density at radius 1 is 1.04 bits per heavy atom. The highest BCUT2D eigenvalue weighted by molar-refractivity contribution is 7.92. The summed E-state index contributed by atoms with van der Waals surface area (Å²) in [6.07, 6.45) is 1.18. The van der Waals surface area contributed by atoms with Gasteiger partial charge < -0.3 is 5.11 Å². The molecular formula is C17H19NO4S. The van der Waals surface area contributed by atoms with E-state index >= 15 is 0 Å². The number of carboxylic acid groups (broad SMARTS) is 1. The van der Waals surface area contributed by atoms with Crippen LogP contribution in [0.5, 0.6) is 0 Å². The monoisotopic (exact) mass is 333 g/mol. The van der Waals surface area contributed by atoms with Crippen LogP contribution in [0.1, 0.15) is 35.3 Å². The molecule has 0 spiro atoms. The minimum absolute atomic E-state index is 0.00538. The molecule has 0 bridgehead atoms. The number of aromatic carboxylic acids is 1. The lowest BCUT2D eigenvalue weighted by Crippen LogP contribution is -2.17. The number of nitrogens with one attached hydrogen (secondary N) is 1. The van der Waals surface area contributed by atoms with Crippen LogP contribution in [-0.4, -0.2) is 19.5 Å². The van der Waals surface area contributed by atoms with Crippen LogP contribution in [0.2, 0.25) is 0 Å². The van der Waals surface area contributed by atoms with Gasteiger partial charge in [-0.15, -0.1) is 0 Å². The quantitative estimate of drug-likeness (QED) is 0.849. The molecule has 2 N–H and O–H groups in total. The van der Waals surface area contributed by atoms with Crippen molar-refractivity contribution in [3.63, 3.8) is 0 Å². The summed E-state index contributed by atoms with van der Waals surface area (Å²) in [7, 11) is -3.86. The molecule has 0 fully saturated rings. The van der Waals surface area contributed by atoms with Crippen molar-refractivity contribution in [2.75, 3.05) is 4.72 Å². The maximum atomic E-state index is 12.7. The standard InChI is InChI=1S/C17H19NO4S/c1-3-12-7-5-6-8-15(12)18-23(21,22)16-11-14(17(19)20)10-9-13(16)4-2/h5-11,18H,3-4H2,1-2H3,(H,19,20). The Bertz CT molecular complexity index is 828. The number of anilines is 1. The van der Waals surface area contributed by atoms with Gasteiger partial charge in [-0.2, -0.15) is 0 Å². The first-order valence-corrected chi connectivity index (χ1v) is 8.84. The van der Waals surface area contributed by atoms with Gasteiger partial charge in [-0.25, -0.2) is 13.2 Å². The van der Waals surface area contributed by atoms with Gasteiger partial charge in [-0.3, -0.25) is 4.72 Å². The molecule has 0 heterocycles. The average molecular weight is 333 g/mol. The van der Waals surface area contributed by atoms with E-state index in [1.807, 2.05) is 26.0 Å². The average Bonchev–Trinajstić information content (AvgIpc) is 2.54. The van der Waals surface area contributed by atoms with Crippen molar-refractivity contribution in [3.8, 4) is 0 Å². The highest BCUT2D eigenvalue weighted by atomic mass is 32.2. The number of rotatable bonds is 6. The van der Waals surface area contributed by atoms with Gasteiger partial charge in [-0.1, -0.05) is 38.1 Å². The zero-order valence-electron chi connectivity index (χ0n) is 13.0. The fourth-order valence-corrected chi connectivity index (χ4v) is 3.80. The molecule has 0 aromatic heterocycles. The first-order valence-electron chi connectivity index (χ1n) is 7.36. The third kappa shape index (κ3) is 3.71. The summed E-state index contributed by atoms with van der Waals surface area (Å²) in [5, 5.41) is 9.10. The van der Waals surface area contributed by atoms with E-state index in [4.69, 9.17) is 5.11 Å². The van der Waals surface area contributed by atoms with Gasteiger partial charge in [0.05, 0.1) is 16.1 Å². The molecule has 2 rings (SSSR count). The summed E-state index contributed by atoms with van der Waals surface area (Å²) in [5.74, 6) is -1.15. The van der Waals surface area contributed by atoms with Gasteiger partial charge in [0.1, 0.15) is 0 Å². The fraction of sp³-hybridized carbons (Fsp3) is 0.235. The molecule has 23 heavy (non-hydrogen) atoms. The van der Waals surface area contributed by atoms with Crippen molar-refractivity contribution in [2.45, 2.75) is 31.6 Å². The van der Waals surface area contributed by atoms with Crippen LogP contribution < -0.4 is 4.72 Å². The molecule has 0 unspecified atom stereocenters. The van der Waals surface area contributed by atoms with E-state index in [0.717, 1.165) is 5.56 Å². The van der Waals surface area contributed by atoms with Crippen LogP contribution in [0.25, 0.3) is 0 Å². The number of hydrogen-bond donors (Lipinski definition) is 2. The maximum absolute atomic E-state index is 12.7. The molecule has 0 aliphatic carbocycles. The number of carbonyl (C=O) groups is 1. The Morgan fingerprint density at radius 3 is 2.30 bits per heavy atom. The molecule has 0 saturated carbocycles. The van der Waals surface area contributed by atoms with Crippen LogP contribution >= 0.6 is 0 Å². The van der Waals surface area contributed by atoms with Crippen molar-refractivity contribution in [2.24, 2.45) is 0 Å². The Kier molecular flexibility index (Phi) is 5.05. The van der Waals surface area contributed by atoms with Crippen LogP contribution in [0.15, 0.2) is 47.4 Å². The highest BCUT2D eigenvalue weighted by Crippen LogP contribution is 2.24. The number of para-hydroxylation sites is 1. The van der Waals surface area contributed by atoms with E-state index in [2.05, 4.69) is 4.72 Å². The molecule has 0 aliphatic rings. The first-order chi connectivity index (χ1) is 10.9. The van der Waals surface area contributed by atoms with Gasteiger partial charge >= 0.3 is 5.97 Å². The SMILES string of the molecule is CCc1ccccc1NS(=O)(=O)c1cc(C(=O)O)ccc1CC. The third-order valence-electron chi connectivity index (χ3n) is 3.63. The predicted molar refractivity (Wildman–Crippen MR) is 89.4 cm³/mol. The molecule has 0 aliphatic heterocycles. The zero-order chi connectivity index (χ0) is 17.0. The minimum Gasteiger partial charge on any atom is -0.478 e. The van der Waals surface area contributed by atoms with Crippen molar-refractivity contribution in [1.29, 1.82) is 0 Å². The summed E-state index contributed by atoms with van der Waals surface area (Å²) in [4.78, 5) is 11.1. The molecule has 2 aromatic carbocycles. The molecule has 0 saturated heterocycles. The van der Waals surface area contributed by atoms with Gasteiger partial charge in [0.25, 0.3) is 10.0 Å². The van der Waals surface area contributed by atoms with E-state index in [1.54, 1.807) is 18.2 Å². The Hall–Kier alpha value is -2.34. The number of carboxylic acids is 1. The van der Waals surface area contributed by atoms with Crippen molar-refractivity contribution >= 4 is 21.7 Å². The normalized spacial score (nSPS) is 11.2. The van der Waals surface area contributed by atoms with E-state index in [-0.39, 0.29) is 10.5 Å². The Morgan fingerprint density at radius 2 is 1.70 bits per heavy atom. The second-order valence-corrected chi connectivity index (χ2v) is 6.75. The highest BCUT2D eigenvalue weighted by Gasteiger charge is 2.21. The number of aryl methyl sites for hydroxylation is 2. The number of sulfonamides is 1. The summed E-state index contributed by atoms with van der Waals surface area (Å²) in [5.41, 5.74) is 1.92. The topological polar surface area (TPSA) is 83.5 Å². The molecule has 0 amide bonds. The molecule has 5 nitrogen and oxygen atoms in total. The lowest BCUT2D eigenvalue weighted by molar-refractivity contribution is 0.0696. The fourth-order valence-electron chi connectivity index (χ4n) is 2.36. The summed E-state index contributed by atoms with van der Waals surface area (Å²) >= 11 is 0. The van der Waals surface area contributed by atoms with E-state index in [1.165, 1.54) is 12.1 Å². The van der Waals surface area contributed by atoms with Gasteiger partial charge in [0.2, 0.25) is 0 Å². The van der Waals surface area contributed by atoms with Crippen LogP contribution in [-0.2, 0) is 22.9 Å². The van der Waals surface area contributed by atoms with Gasteiger partial charge in [-0.05, 0) is 42.2 Å². The summed E-state index contributed by atoms with van der Waals surface area (Å²) in [6.45, 7) is 3.77. The van der Waals surface area contributed by atoms with Crippen LogP contribution in [0.3, 0.4) is 0 Å². The molecule has 122 valence electrons. The lowest BCUT2D eigenvalue weighted by atomic mass is 10.1. The second-order valence-electron chi connectivity index (χ2n) is 5.10. The van der Waals surface area contributed by atoms with Gasteiger partial charge in [0, 0.05) is 0 Å². The molecule has 2 aromatic rings. The summed E-state index contributed by atoms with van der Waals surface area (Å²) in [6, 6.07) is 11.3. The molecule has 6 heteroatoms. The second kappa shape index (κ2) is 6.83. The van der Waals surface area contributed by atoms with Crippen LogP contribution in [0.4, 0.5) is 5.69 Å². The molecule has 0 atom stereocenters. The summed E-state index contributed by atoms with van der Waals surface area (Å²) < 4.78 is 28.0. The van der Waals surface area contributed by atoms with Crippen molar-refractivity contribution in [3.05, 3.63) is 59.2 Å². The van der Waals surface area contributed by atoms with Crippen molar-refractivity contribution in [1.82, 2.24) is 0 Å². The lowest BCUT2D eigenvalue weighted by Gasteiger charge is -2.14.